The number of fused-ring (bicyclic) bond motifs is 5. The lowest BCUT2D eigenvalue weighted by atomic mass is 9.86. The highest BCUT2D eigenvalue weighted by atomic mass is 16.5. The van der Waals surface area contributed by atoms with Gasteiger partial charge >= 0.3 is 0 Å². The summed E-state index contributed by atoms with van der Waals surface area (Å²) in [6.45, 7) is 6.55. The fourth-order valence-corrected chi connectivity index (χ4v) is 4.73. The monoisotopic (exact) mass is 494 g/mol. The average molecular weight is 495 g/mol. The second-order valence-electron chi connectivity index (χ2n) is 10.3. The minimum atomic E-state index is -0.177. The van der Waals surface area contributed by atoms with Crippen LogP contribution in [0, 0.1) is 0 Å². The van der Waals surface area contributed by atoms with Crippen LogP contribution in [0.25, 0.3) is 28.2 Å². The van der Waals surface area contributed by atoms with Crippen LogP contribution >= 0.6 is 0 Å². The molecule has 1 aliphatic heterocycles. The van der Waals surface area contributed by atoms with Crippen molar-refractivity contribution in [3.63, 3.8) is 0 Å². The minimum absolute atomic E-state index is 0.000304. The maximum Gasteiger partial charge on any atom is 0.228 e. The Morgan fingerprint density at radius 1 is 0.973 bits per heavy atom. The number of benzene rings is 3. The molecule has 3 aromatic carbocycles. The molecule has 5 rings (SSSR count). The van der Waals surface area contributed by atoms with E-state index in [2.05, 4.69) is 49.3 Å². The maximum atomic E-state index is 12.9. The van der Waals surface area contributed by atoms with E-state index >= 15 is 0 Å². The molecule has 0 radical (unpaired) electrons. The molecule has 0 aliphatic carbocycles. The molecule has 0 saturated heterocycles. The summed E-state index contributed by atoms with van der Waals surface area (Å²) in [4.78, 5) is 29.3. The highest BCUT2D eigenvalue weighted by Crippen LogP contribution is 2.39. The molecule has 1 aliphatic rings. The first kappa shape index (κ1) is 24.4. The number of hydrogen-bond acceptors (Lipinski definition) is 4. The second-order valence-corrected chi connectivity index (χ2v) is 10.3. The first-order valence-corrected chi connectivity index (χ1v) is 12.2. The molecule has 4 aromatic rings. The summed E-state index contributed by atoms with van der Waals surface area (Å²) in [7, 11) is 3.09. The Hall–Kier alpha value is -4.32. The van der Waals surface area contributed by atoms with Gasteiger partial charge in [0.2, 0.25) is 5.91 Å². The lowest BCUT2D eigenvalue weighted by Crippen LogP contribution is -2.13. The Balaban J connectivity index is 1.54. The molecule has 1 aromatic heterocycles. The minimum Gasteiger partial charge on any atom is -0.497 e. The zero-order chi connectivity index (χ0) is 26.3. The van der Waals surface area contributed by atoms with Crippen LogP contribution in [-0.2, 0) is 16.6 Å². The van der Waals surface area contributed by atoms with E-state index in [9.17, 15) is 9.59 Å². The smallest absolute Gasteiger partial charge is 0.228 e. The molecule has 0 atom stereocenters. The van der Waals surface area contributed by atoms with Crippen LogP contribution < -0.4 is 14.8 Å². The number of hydrogen-bond donors (Lipinski definition) is 2. The third-order valence-corrected chi connectivity index (χ3v) is 6.80. The summed E-state index contributed by atoms with van der Waals surface area (Å²) >= 11 is 0. The van der Waals surface area contributed by atoms with Gasteiger partial charge in [-0.15, -0.1) is 0 Å². The zero-order valence-corrected chi connectivity index (χ0v) is 21.7. The van der Waals surface area contributed by atoms with Crippen molar-refractivity contribution < 1.29 is 19.1 Å². The largest absolute Gasteiger partial charge is 0.497 e. The van der Waals surface area contributed by atoms with E-state index in [0.717, 1.165) is 39.0 Å². The van der Waals surface area contributed by atoms with Crippen molar-refractivity contribution in [2.45, 2.75) is 32.6 Å². The normalized spacial score (nSPS) is 13.2. The van der Waals surface area contributed by atoms with Crippen molar-refractivity contribution in [3.05, 3.63) is 82.9 Å². The van der Waals surface area contributed by atoms with Gasteiger partial charge in [-0.2, -0.15) is 0 Å². The Kier molecular flexibility index (Phi) is 6.12. The molecule has 37 heavy (non-hydrogen) atoms. The number of H-pyrrole nitrogens is 1. The predicted molar refractivity (Wildman–Crippen MR) is 148 cm³/mol. The number of ether oxygens (including phenoxy) is 2. The molecular weight excluding hydrogens is 464 g/mol. The van der Waals surface area contributed by atoms with Crippen LogP contribution in [0.5, 0.6) is 11.5 Å². The van der Waals surface area contributed by atoms with Gasteiger partial charge in [-0.05, 0) is 64.6 Å². The number of carbonyl (C=O) groups is 2. The van der Waals surface area contributed by atoms with Crippen LogP contribution in [0.2, 0.25) is 0 Å². The number of amides is 1. The van der Waals surface area contributed by atoms with E-state index < -0.39 is 0 Å². The van der Waals surface area contributed by atoms with Gasteiger partial charge in [-0.3, -0.25) is 9.59 Å². The Labute approximate surface area is 216 Å². The van der Waals surface area contributed by atoms with Gasteiger partial charge in [0.15, 0.2) is 5.78 Å². The zero-order valence-electron chi connectivity index (χ0n) is 21.7. The number of methoxy groups -OCH3 is 2. The number of ketones is 1. The van der Waals surface area contributed by atoms with Crippen molar-refractivity contribution in [3.8, 4) is 22.8 Å². The van der Waals surface area contributed by atoms with Crippen molar-refractivity contribution in [1.29, 1.82) is 0 Å². The summed E-state index contributed by atoms with van der Waals surface area (Å²) in [6.07, 6.45) is 3.60. The summed E-state index contributed by atoms with van der Waals surface area (Å²) in [6, 6.07) is 17.3. The molecule has 0 spiro atoms. The van der Waals surface area contributed by atoms with E-state index in [0.29, 0.717) is 23.5 Å². The lowest BCUT2D eigenvalue weighted by Gasteiger charge is -2.19. The van der Waals surface area contributed by atoms with Crippen molar-refractivity contribution >= 4 is 34.4 Å². The number of carbonyl (C=O) groups excluding carboxylic acids is 2. The molecule has 188 valence electrons. The third-order valence-electron chi connectivity index (χ3n) is 6.80. The number of allylic oxidation sites excluding steroid dienone is 1. The molecule has 2 N–H and O–H groups in total. The Morgan fingerprint density at radius 2 is 1.78 bits per heavy atom. The van der Waals surface area contributed by atoms with E-state index in [-0.39, 0.29) is 17.1 Å². The summed E-state index contributed by atoms with van der Waals surface area (Å²) in [5, 5.41) is 4.09. The molecule has 2 heterocycles. The average Bonchev–Trinajstić information content (AvgIpc) is 3.17. The van der Waals surface area contributed by atoms with Crippen molar-refractivity contribution in [2.24, 2.45) is 0 Å². The van der Waals surface area contributed by atoms with Crippen LogP contribution in [0.1, 0.15) is 47.8 Å². The van der Waals surface area contributed by atoms with Crippen molar-refractivity contribution in [1.82, 2.24) is 4.98 Å². The number of aromatic amines is 1. The fraction of sp³-hybridized carbons (Fsp3) is 0.226. The van der Waals surface area contributed by atoms with Gasteiger partial charge in [0.05, 0.1) is 37.6 Å². The van der Waals surface area contributed by atoms with Crippen LogP contribution in [-0.4, -0.2) is 30.9 Å². The Bertz CT molecular complexity index is 1570. The summed E-state index contributed by atoms with van der Waals surface area (Å²) in [5.41, 5.74) is 7.06. The summed E-state index contributed by atoms with van der Waals surface area (Å²) in [5.74, 6) is 0.848. The highest BCUT2D eigenvalue weighted by molar-refractivity contribution is 6.09. The van der Waals surface area contributed by atoms with Crippen LogP contribution in [0.3, 0.4) is 0 Å². The van der Waals surface area contributed by atoms with E-state index in [1.807, 2.05) is 18.2 Å². The first-order valence-electron chi connectivity index (χ1n) is 12.2. The molecule has 0 bridgehead atoms. The number of aromatic nitrogens is 1. The topological polar surface area (TPSA) is 80.4 Å². The second kappa shape index (κ2) is 9.28. The van der Waals surface area contributed by atoms with Crippen LogP contribution in [0.15, 0.2) is 60.7 Å². The highest BCUT2D eigenvalue weighted by Gasteiger charge is 2.24. The molecule has 1 amide bonds. The van der Waals surface area contributed by atoms with Gasteiger partial charge in [-0.25, -0.2) is 0 Å². The first-order chi connectivity index (χ1) is 17.7. The molecular formula is C31H30N2O4. The molecule has 0 unspecified atom stereocenters. The maximum absolute atomic E-state index is 12.9. The van der Waals surface area contributed by atoms with Gasteiger partial charge < -0.3 is 19.8 Å². The third kappa shape index (κ3) is 4.62. The molecule has 0 fully saturated rings. The quantitative estimate of drug-likeness (QED) is 0.244. The number of rotatable bonds is 5. The van der Waals surface area contributed by atoms with Crippen LogP contribution in [0.4, 0.5) is 5.69 Å². The van der Waals surface area contributed by atoms with E-state index in [4.69, 9.17) is 9.47 Å². The van der Waals surface area contributed by atoms with Crippen molar-refractivity contribution in [2.75, 3.05) is 19.5 Å². The molecule has 0 saturated carbocycles. The summed E-state index contributed by atoms with van der Waals surface area (Å²) < 4.78 is 10.6. The van der Waals surface area contributed by atoms with Gasteiger partial charge in [0, 0.05) is 22.5 Å². The SMILES string of the molecule is COc1ccc(C(=O)/C=C/c2ccc3c(c2)-c2[nH]c4ccc(C(C)(C)C)cc4c2CC(=O)N3)c(OC)c1. The fourth-order valence-electron chi connectivity index (χ4n) is 4.73. The van der Waals surface area contributed by atoms with E-state index in [1.165, 1.54) is 18.7 Å². The predicted octanol–water partition coefficient (Wildman–Crippen LogP) is 6.54. The van der Waals surface area contributed by atoms with E-state index in [1.54, 1.807) is 31.4 Å². The lowest BCUT2D eigenvalue weighted by molar-refractivity contribution is -0.115. The number of nitrogens with one attached hydrogen (secondary N) is 2. The van der Waals surface area contributed by atoms with Gasteiger partial charge in [0.1, 0.15) is 11.5 Å². The van der Waals surface area contributed by atoms with Gasteiger partial charge in [0.25, 0.3) is 0 Å². The molecule has 6 heteroatoms. The Morgan fingerprint density at radius 3 is 2.51 bits per heavy atom. The molecule has 6 nitrogen and oxygen atoms in total. The van der Waals surface area contributed by atoms with Gasteiger partial charge in [-0.1, -0.05) is 39.0 Å². The standard InChI is InChI=1S/C31H30N2O4/c1-31(2,3)19-8-12-25-22(15-19)23-17-29(35)32-26-11-6-18(14-24(26)30(23)33-25)7-13-27(34)21-10-9-20(36-4)16-28(21)37-5/h6-16,33H,17H2,1-5H3,(H,32,35)/b13-7+. The number of anilines is 1.